The molecule has 0 unspecified atom stereocenters. The molecule has 2 aromatic heterocycles. The Morgan fingerprint density at radius 1 is 1.21 bits per heavy atom. The molecule has 1 aliphatic heterocycles. The molecule has 0 fully saturated rings. The van der Waals surface area contributed by atoms with E-state index in [1.54, 1.807) is 6.20 Å². The Bertz CT molecular complexity index is 1230. The van der Waals surface area contributed by atoms with Gasteiger partial charge in [0, 0.05) is 36.6 Å². The third-order valence-electron chi connectivity index (χ3n) is 5.35. The number of aryl methyl sites for hydroxylation is 2. The second-order valence-electron chi connectivity index (χ2n) is 7.73. The SMILES string of the molecule is C=C1NC(=O)NC(C(=O)N[C@H](C)c2cccc(-c3cnn(CCc4ccccn4)c3)c2)=C1N. The van der Waals surface area contributed by atoms with Crippen LogP contribution in [0.5, 0.6) is 0 Å². The Labute approximate surface area is 191 Å². The third-order valence-corrected chi connectivity index (χ3v) is 5.35. The molecule has 1 aliphatic rings. The van der Waals surface area contributed by atoms with Crippen LogP contribution in [0.3, 0.4) is 0 Å². The van der Waals surface area contributed by atoms with Crippen molar-refractivity contribution in [1.29, 1.82) is 0 Å². The van der Waals surface area contributed by atoms with Gasteiger partial charge in [-0.1, -0.05) is 30.8 Å². The van der Waals surface area contributed by atoms with Crippen LogP contribution in [0, 0.1) is 0 Å². The van der Waals surface area contributed by atoms with Crippen LogP contribution < -0.4 is 21.7 Å². The largest absolute Gasteiger partial charge is 0.395 e. The smallest absolute Gasteiger partial charge is 0.323 e. The van der Waals surface area contributed by atoms with Gasteiger partial charge in [-0.25, -0.2) is 4.79 Å². The summed E-state index contributed by atoms with van der Waals surface area (Å²) in [5, 5.41) is 12.2. The van der Waals surface area contributed by atoms with Crippen LogP contribution in [0.4, 0.5) is 4.79 Å². The number of amides is 3. The minimum absolute atomic E-state index is 0.0130. The minimum Gasteiger partial charge on any atom is -0.395 e. The van der Waals surface area contributed by atoms with E-state index < -0.39 is 11.9 Å². The van der Waals surface area contributed by atoms with Crippen LogP contribution in [0.25, 0.3) is 11.1 Å². The van der Waals surface area contributed by atoms with Gasteiger partial charge in [-0.3, -0.25) is 14.5 Å². The lowest BCUT2D eigenvalue weighted by Crippen LogP contribution is -2.47. The molecule has 33 heavy (non-hydrogen) atoms. The number of carbonyl (C=O) groups is 2. The van der Waals surface area contributed by atoms with E-state index in [2.05, 4.69) is 32.6 Å². The first kappa shape index (κ1) is 21.8. The second kappa shape index (κ2) is 9.39. The molecule has 0 aliphatic carbocycles. The van der Waals surface area contributed by atoms with Crippen LogP contribution in [-0.4, -0.2) is 26.7 Å². The fourth-order valence-corrected chi connectivity index (χ4v) is 3.50. The van der Waals surface area contributed by atoms with Gasteiger partial charge in [-0.15, -0.1) is 0 Å². The summed E-state index contributed by atoms with van der Waals surface area (Å²) in [7, 11) is 0. The molecule has 0 radical (unpaired) electrons. The Morgan fingerprint density at radius 2 is 2.06 bits per heavy atom. The zero-order chi connectivity index (χ0) is 23.4. The van der Waals surface area contributed by atoms with Crippen LogP contribution in [0.1, 0.15) is 24.2 Å². The van der Waals surface area contributed by atoms with Gasteiger partial charge in [0.15, 0.2) is 0 Å². The summed E-state index contributed by atoms with van der Waals surface area (Å²) in [6, 6.07) is 12.9. The number of nitrogens with zero attached hydrogens (tertiary/aromatic N) is 3. The molecule has 168 valence electrons. The maximum Gasteiger partial charge on any atom is 0.323 e. The summed E-state index contributed by atoms with van der Waals surface area (Å²) in [5.74, 6) is -0.483. The molecule has 1 aromatic carbocycles. The molecular weight excluding hydrogens is 418 g/mol. The Balaban J connectivity index is 1.44. The van der Waals surface area contributed by atoms with Crippen molar-refractivity contribution >= 4 is 11.9 Å². The fourth-order valence-electron chi connectivity index (χ4n) is 3.50. The molecule has 0 saturated carbocycles. The van der Waals surface area contributed by atoms with E-state index in [1.165, 1.54) is 0 Å². The summed E-state index contributed by atoms with van der Waals surface area (Å²) in [6.45, 7) is 6.24. The third kappa shape index (κ3) is 5.09. The van der Waals surface area contributed by atoms with E-state index in [0.29, 0.717) is 0 Å². The molecule has 0 spiro atoms. The maximum atomic E-state index is 12.7. The minimum atomic E-state index is -0.547. The van der Waals surface area contributed by atoms with Crippen molar-refractivity contribution in [2.75, 3.05) is 0 Å². The van der Waals surface area contributed by atoms with Gasteiger partial charge >= 0.3 is 6.03 Å². The molecule has 4 rings (SSSR count). The number of hydrogen-bond donors (Lipinski definition) is 4. The lowest BCUT2D eigenvalue weighted by Gasteiger charge is -2.22. The molecule has 3 amide bonds. The number of urea groups is 1. The first-order valence-corrected chi connectivity index (χ1v) is 10.5. The van der Waals surface area contributed by atoms with Crippen LogP contribution >= 0.6 is 0 Å². The lowest BCUT2D eigenvalue weighted by atomic mass is 10.0. The zero-order valence-corrected chi connectivity index (χ0v) is 18.2. The number of aromatic nitrogens is 3. The molecule has 3 aromatic rings. The Hall–Kier alpha value is -4.40. The highest BCUT2D eigenvalue weighted by atomic mass is 16.2. The highest BCUT2D eigenvalue weighted by molar-refractivity contribution is 6.00. The first-order chi connectivity index (χ1) is 15.9. The van der Waals surface area contributed by atoms with Crippen molar-refractivity contribution in [2.45, 2.75) is 25.9 Å². The number of nitrogens with two attached hydrogens (primary N) is 1. The number of carbonyl (C=O) groups excluding carboxylic acids is 2. The van der Waals surface area contributed by atoms with Crippen molar-refractivity contribution < 1.29 is 9.59 Å². The Morgan fingerprint density at radius 3 is 2.85 bits per heavy atom. The quantitative estimate of drug-likeness (QED) is 0.446. The van der Waals surface area contributed by atoms with Crippen molar-refractivity contribution in [3.8, 4) is 11.1 Å². The van der Waals surface area contributed by atoms with E-state index in [4.69, 9.17) is 5.73 Å². The Kier molecular flexibility index (Phi) is 6.21. The maximum absolute atomic E-state index is 12.7. The predicted molar refractivity (Wildman–Crippen MR) is 124 cm³/mol. The fraction of sp³-hybridized carbons (Fsp3) is 0.167. The highest BCUT2D eigenvalue weighted by Crippen LogP contribution is 2.23. The molecule has 9 nitrogen and oxygen atoms in total. The van der Waals surface area contributed by atoms with Gasteiger partial charge < -0.3 is 21.7 Å². The van der Waals surface area contributed by atoms with E-state index in [-0.39, 0.29) is 23.1 Å². The van der Waals surface area contributed by atoms with Gasteiger partial charge in [-0.2, -0.15) is 5.10 Å². The van der Waals surface area contributed by atoms with Gasteiger partial charge in [-0.05, 0) is 36.2 Å². The standard InChI is InChI=1S/C24H25N7O2/c1-15(28-23(32)22-21(25)16(2)29-24(33)30-22)17-6-5-7-18(12-17)19-13-27-31(14-19)11-9-20-8-3-4-10-26-20/h3-8,10,12-15H,2,9,11,25H2,1H3,(H,28,32)(H2,29,30,33)/t15-/m1/s1. The molecular formula is C24H25N7O2. The number of rotatable bonds is 7. The van der Waals surface area contributed by atoms with Crippen molar-refractivity contribution in [1.82, 2.24) is 30.7 Å². The number of nitrogens with one attached hydrogen (secondary N) is 3. The molecule has 5 N–H and O–H groups in total. The average Bonchev–Trinajstić information content (AvgIpc) is 3.30. The predicted octanol–water partition coefficient (Wildman–Crippen LogP) is 2.36. The molecule has 9 heteroatoms. The van der Waals surface area contributed by atoms with Crippen molar-refractivity contribution in [2.24, 2.45) is 5.73 Å². The molecule has 0 saturated heterocycles. The van der Waals surface area contributed by atoms with E-state index >= 15 is 0 Å². The molecule has 3 heterocycles. The summed E-state index contributed by atoms with van der Waals surface area (Å²) in [6.07, 6.45) is 6.40. The monoisotopic (exact) mass is 443 g/mol. The number of pyridine rings is 1. The van der Waals surface area contributed by atoms with E-state index in [9.17, 15) is 9.59 Å². The van der Waals surface area contributed by atoms with Gasteiger partial charge in [0.05, 0.1) is 23.6 Å². The first-order valence-electron chi connectivity index (χ1n) is 10.5. The van der Waals surface area contributed by atoms with Gasteiger partial charge in [0.2, 0.25) is 0 Å². The topological polar surface area (TPSA) is 127 Å². The number of benzene rings is 1. The molecule has 0 bridgehead atoms. The summed E-state index contributed by atoms with van der Waals surface area (Å²) in [4.78, 5) is 28.7. The second-order valence-corrected chi connectivity index (χ2v) is 7.73. The lowest BCUT2D eigenvalue weighted by molar-refractivity contribution is -0.118. The highest BCUT2D eigenvalue weighted by Gasteiger charge is 2.25. The molecule has 1 atom stereocenters. The normalized spacial score (nSPS) is 14.5. The van der Waals surface area contributed by atoms with Crippen LogP contribution in [0.15, 0.2) is 84.7 Å². The summed E-state index contributed by atoms with van der Waals surface area (Å²) >= 11 is 0. The zero-order valence-electron chi connectivity index (χ0n) is 18.2. The average molecular weight is 444 g/mol. The van der Waals surface area contributed by atoms with E-state index in [0.717, 1.165) is 35.3 Å². The van der Waals surface area contributed by atoms with E-state index in [1.807, 2.05) is 66.5 Å². The van der Waals surface area contributed by atoms with Crippen LogP contribution in [-0.2, 0) is 17.8 Å². The number of hydrogen-bond acceptors (Lipinski definition) is 5. The summed E-state index contributed by atoms with van der Waals surface area (Å²) < 4.78 is 1.89. The van der Waals surface area contributed by atoms with Crippen LogP contribution in [0.2, 0.25) is 0 Å². The van der Waals surface area contributed by atoms with Gasteiger partial charge in [0.1, 0.15) is 5.70 Å². The van der Waals surface area contributed by atoms with Crippen molar-refractivity contribution in [3.05, 3.63) is 96.0 Å². The van der Waals surface area contributed by atoms with Gasteiger partial charge in [0.25, 0.3) is 5.91 Å². The summed E-state index contributed by atoms with van der Waals surface area (Å²) in [5.41, 5.74) is 10.1. The van der Waals surface area contributed by atoms with Crippen molar-refractivity contribution in [3.63, 3.8) is 0 Å².